The van der Waals surface area contributed by atoms with E-state index in [1.54, 1.807) is 0 Å². The molecule has 0 atom stereocenters. The van der Waals surface area contributed by atoms with Crippen LogP contribution in [-0.4, -0.2) is 16.8 Å². The summed E-state index contributed by atoms with van der Waals surface area (Å²) in [6.07, 6.45) is 0. The quantitative estimate of drug-likeness (QED) is 0.821. The normalized spacial score (nSPS) is 10.7. The summed E-state index contributed by atoms with van der Waals surface area (Å²) < 4.78 is 2.02. The van der Waals surface area contributed by atoms with Crippen LogP contribution in [-0.2, 0) is 6.54 Å². The summed E-state index contributed by atoms with van der Waals surface area (Å²) in [5.74, 6) is 0. The lowest BCUT2D eigenvalue weighted by molar-refractivity contribution is -0.643. The number of benzene rings is 1. The first-order valence-corrected chi connectivity index (χ1v) is 5.62. The van der Waals surface area contributed by atoms with Gasteiger partial charge in [-0.25, -0.2) is 4.68 Å². The van der Waals surface area contributed by atoms with Crippen LogP contribution in [0.1, 0.15) is 17.0 Å². The Hall–Kier alpha value is -1.61. The van der Waals surface area contributed by atoms with E-state index in [1.165, 1.54) is 11.3 Å². The molecule has 0 radical (unpaired) electrons. The summed E-state index contributed by atoms with van der Waals surface area (Å²) in [5, 5.41) is 6.77. The summed E-state index contributed by atoms with van der Waals surface area (Å²) in [5.41, 5.74) is 4.83. The second-order valence-corrected chi connectivity index (χ2v) is 4.01. The Kier molecular flexibility index (Phi) is 3.06. The molecule has 16 heavy (non-hydrogen) atoms. The van der Waals surface area contributed by atoms with Gasteiger partial charge in [-0.3, -0.25) is 0 Å². The zero-order valence-electron chi connectivity index (χ0n) is 10.1. The second kappa shape index (κ2) is 4.49. The highest BCUT2D eigenvalue weighted by molar-refractivity contribution is 5.36. The maximum absolute atomic E-state index is 4.60. The third-order valence-electron chi connectivity index (χ3n) is 2.85. The molecule has 0 unspecified atom stereocenters. The van der Waals surface area contributed by atoms with E-state index in [0.29, 0.717) is 0 Å². The van der Waals surface area contributed by atoms with E-state index in [1.807, 2.05) is 22.9 Å². The zero-order valence-corrected chi connectivity index (χ0v) is 10.1. The molecular formula is C13H18N3+. The number of rotatable bonds is 3. The molecule has 0 saturated heterocycles. The van der Waals surface area contributed by atoms with Gasteiger partial charge in [0, 0.05) is 0 Å². The second-order valence-electron chi connectivity index (χ2n) is 4.01. The smallest absolute Gasteiger partial charge is 0.105 e. The molecule has 1 aromatic carbocycles. The van der Waals surface area contributed by atoms with Crippen molar-refractivity contribution >= 4 is 0 Å². The van der Waals surface area contributed by atoms with Gasteiger partial charge in [-0.2, -0.15) is 5.10 Å². The predicted molar refractivity (Wildman–Crippen MR) is 64.6 cm³/mol. The Bertz CT molecular complexity index is 471. The van der Waals surface area contributed by atoms with Crippen LogP contribution in [0.2, 0.25) is 0 Å². The average Bonchev–Trinajstić information content (AvgIpc) is 2.59. The van der Waals surface area contributed by atoms with Gasteiger partial charge >= 0.3 is 0 Å². The molecule has 2 rings (SSSR count). The minimum Gasteiger partial charge on any atom is -0.345 e. The van der Waals surface area contributed by atoms with Crippen molar-refractivity contribution in [1.29, 1.82) is 0 Å². The van der Waals surface area contributed by atoms with Crippen LogP contribution in [0.15, 0.2) is 30.3 Å². The van der Waals surface area contributed by atoms with Gasteiger partial charge in [0.05, 0.1) is 29.7 Å². The van der Waals surface area contributed by atoms with Gasteiger partial charge in [0.15, 0.2) is 0 Å². The molecule has 3 nitrogen and oxygen atoms in total. The first-order chi connectivity index (χ1) is 7.74. The van der Waals surface area contributed by atoms with Gasteiger partial charge in [0.1, 0.15) is 6.54 Å². The molecule has 1 aromatic heterocycles. The Morgan fingerprint density at radius 2 is 1.88 bits per heavy atom. The van der Waals surface area contributed by atoms with Gasteiger partial charge in [-0.1, -0.05) is 18.2 Å². The number of quaternary nitrogens is 1. The van der Waals surface area contributed by atoms with Crippen LogP contribution in [0, 0.1) is 13.8 Å². The van der Waals surface area contributed by atoms with Crippen LogP contribution in [0.25, 0.3) is 5.69 Å². The number of hydrogen-bond acceptors (Lipinski definition) is 1. The largest absolute Gasteiger partial charge is 0.345 e. The van der Waals surface area contributed by atoms with Crippen molar-refractivity contribution < 1.29 is 5.32 Å². The van der Waals surface area contributed by atoms with E-state index in [0.717, 1.165) is 17.9 Å². The fraction of sp³-hybridized carbons (Fsp3) is 0.308. The molecular weight excluding hydrogens is 198 g/mol. The number of nitrogens with two attached hydrogens (primary N) is 1. The Labute approximate surface area is 96.1 Å². The van der Waals surface area contributed by atoms with Crippen molar-refractivity contribution in [2.75, 3.05) is 7.05 Å². The predicted octanol–water partition coefficient (Wildman–Crippen LogP) is 1.18. The average molecular weight is 216 g/mol. The van der Waals surface area contributed by atoms with Gasteiger partial charge in [-0.15, -0.1) is 0 Å². The Morgan fingerprint density at radius 1 is 1.19 bits per heavy atom. The highest BCUT2D eigenvalue weighted by Crippen LogP contribution is 2.16. The SMILES string of the molecule is C[NH2+]Cc1c(C)nn(-c2ccccc2)c1C. The molecule has 0 spiro atoms. The molecule has 2 N–H and O–H groups in total. The number of para-hydroxylation sites is 1. The molecule has 0 bridgehead atoms. The minimum absolute atomic E-state index is 0.991. The highest BCUT2D eigenvalue weighted by atomic mass is 15.3. The highest BCUT2D eigenvalue weighted by Gasteiger charge is 2.12. The Morgan fingerprint density at radius 3 is 2.50 bits per heavy atom. The van der Waals surface area contributed by atoms with Crippen LogP contribution >= 0.6 is 0 Å². The Balaban J connectivity index is 2.47. The number of nitrogens with zero attached hydrogens (tertiary/aromatic N) is 2. The summed E-state index contributed by atoms with van der Waals surface area (Å²) in [7, 11) is 2.08. The molecule has 0 saturated carbocycles. The van der Waals surface area contributed by atoms with Crippen molar-refractivity contribution in [1.82, 2.24) is 9.78 Å². The van der Waals surface area contributed by atoms with E-state index in [-0.39, 0.29) is 0 Å². The lowest BCUT2D eigenvalue weighted by Crippen LogP contribution is -2.77. The third kappa shape index (κ3) is 1.86. The summed E-state index contributed by atoms with van der Waals surface area (Å²) >= 11 is 0. The van der Waals surface area contributed by atoms with Crippen LogP contribution in [0.4, 0.5) is 0 Å². The van der Waals surface area contributed by atoms with Crippen LogP contribution in [0.3, 0.4) is 0 Å². The molecule has 0 fully saturated rings. The third-order valence-corrected chi connectivity index (χ3v) is 2.85. The van der Waals surface area contributed by atoms with Gasteiger partial charge in [-0.05, 0) is 26.0 Å². The maximum atomic E-state index is 4.60. The molecule has 3 heteroatoms. The fourth-order valence-corrected chi connectivity index (χ4v) is 2.00. The topological polar surface area (TPSA) is 34.4 Å². The summed E-state index contributed by atoms with van der Waals surface area (Å²) in [6, 6.07) is 10.3. The molecule has 0 amide bonds. The van der Waals surface area contributed by atoms with E-state index >= 15 is 0 Å². The van der Waals surface area contributed by atoms with E-state index in [2.05, 4.69) is 43.4 Å². The van der Waals surface area contributed by atoms with Gasteiger partial charge in [0.25, 0.3) is 0 Å². The van der Waals surface area contributed by atoms with Crippen LogP contribution < -0.4 is 5.32 Å². The monoisotopic (exact) mass is 216 g/mol. The van der Waals surface area contributed by atoms with E-state index in [4.69, 9.17) is 0 Å². The molecule has 2 aromatic rings. The lowest BCUT2D eigenvalue weighted by Gasteiger charge is -2.04. The van der Waals surface area contributed by atoms with Crippen molar-refractivity contribution in [3.05, 3.63) is 47.3 Å². The molecule has 84 valence electrons. The van der Waals surface area contributed by atoms with Crippen molar-refractivity contribution in [3.63, 3.8) is 0 Å². The first-order valence-electron chi connectivity index (χ1n) is 5.62. The standard InChI is InChI=1S/C13H17N3/c1-10-13(9-14-3)11(2)16(15-10)12-7-5-4-6-8-12/h4-8,14H,9H2,1-3H3/p+1. The number of hydrogen-bond donors (Lipinski definition) is 1. The molecule has 0 aliphatic heterocycles. The van der Waals surface area contributed by atoms with Crippen molar-refractivity contribution in [2.24, 2.45) is 0 Å². The van der Waals surface area contributed by atoms with Crippen LogP contribution in [0.5, 0.6) is 0 Å². The molecule has 1 heterocycles. The minimum atomic E-state index is 0.991. The van der Waals surface area contributed by atoms with Crippen molar-refractivity contribution in [3.8, 4) is 5.69 Å². The summed E-state index contributed by atoms with van der Waals surface area (Å²) in [4.78, 5) is 0. The van der Waals surface area contributed by atoms with E-state index in [9.17, 15) is 0 Å². The lowest BCUT2D eigenvalue weighted by atomic mass is 10.2. The summed E-state index contributed by atoms with van der Waals surface area (Å²) in [6.45, 7) is 5.20. The van der Waals surface area contributed by atoms with E-state index < -0.39 is 0 Å². The van der Waals surface area contributed by atoms with Crippen molar-refractivity contribution in [2.45, 2.75) is 20.4 Å². The maximum Gasteiger partial charge on any atom is 0.105 e. The van der Waals surface area contributed by atoms with Gasteiger partial charge in [0.2, 0.25) is 0 Å². The molecule has 0 aliphatic rings. The number of aromatic nitrogens is 2. The molecule has 0 aliphatic carbocycles. The first kappa shape index (κ1) is 10.9. The van der Waals surface area contributed by atoms with Gasteiger partial charge < -0.3 is 5.32 Å². The zero-order chi connectivity index (χ0) is 11.5. The number of aryl methyl sites for hydroxylation is 1. The fourth-order valence-electron chi connectivity index (χ4n) is 2.00.